The standard InChI is InChI=1S/C24H36N4O8/c1-15(2)21(28-19(30)7-4-8-20(31)35-3)22(32)27-18(6-5-13-26-24(25)34)23(33)36-17-11-9-16(14-29)10-12-17/h9-12,15,18,21,29H,4-8,13-14H2,1-3H3,(H,27,32)(H,28,30)(H3,25,26,34)/t18-,21-/m0/s1. The molecule has 0 aliphatic heterocycles. The van der Waals surface area contributed by atoms with Gasteiger partial charge in [0.2, 0.25) is 11.8 Å². The molecule has 0 aliphatic rings. The van der Waals surface area contributed by atoms with Gasteiger partial charge in [-0.3, -0.25) is 14.4 Å². The molecule has 0 aromatic heterocycles. The van der Waals surface area contributed by atoms with Crippen molar-refractivity contribution in [2.45, 2.75) is 64.6 Å². The van der Waals surface area contributed by atoms with Gasteiger partial charge in [-0.15, -0.1) is 0 Å². The molecule has 0 fully saturated rings. The fourth-order valence-electron chi connectivity index (χ4n) is 3.15. The Morgan fingerprint density at radius 1 is 1.00 bits per heavy atom. The normalized spacial score (nSPS) is 12.2. The number of nitrogens with one attached hydrogen (secondary N) is 3. The molecule has 0 aliphatic carbocycles. The molecule has 200 valence electrons. The van der Waals surface area contributed by atoms with Gasteiger partial charge in [0.25, 0.3) is 0 Å². The lowest BCUT2D eigenvalue weighted by atomic mass is 10.0. The number of benzene rings is 1. The molecule has 36 heavy (non-hydrogen) atoms. The highest BCUT2D eigenvalue weighted by atomic mass is 16.5. The predicted molar refractivity (Wildman–Crippen MR) is 129 cm³/mol. The van der Waals surface area contributed by atoms with Gasteiger partial charge < -0.3 is 36.3 Å². The summed E-state index contributed by atoms with van der Waals surface area (Å²) < 4.78 is 9.93. The van der Waals surface area contributed by atoms with Crippen molar-refractivity contribution in [1.29, 1.82) is 0 Å². The number of aliphatic hydroxyl groups is 1. The highest BCUT2D eigenvalue weighted by Crippen LogP contribution is 2.14. The smallest absolute Gasteiger partial charge is 0.334 e. The number of hydrogen-bond donors (Lipinski definition) is 5. The second-order valence-electron chi connectivity index (χ2n) is 8.44. The first-order valence-electron chi connectivity index (χ1n) is 11.7. The molecule has 0 spiro atoms. The van der Waals surface area contributed by atoms with Crippen molar-refractivity contribution in [2.24, 2.45) is 11.7 Å². The fraction of sp³-hybridized carbons (Fsp3) is 0.542. The van der Waals surface area contributed by atoms with Crippen LogP contribution in [-0.2, 0) is 30.5 Å². The van der Waals surface area contributed by atoms with Crippen LogP contribution in [0.5, 0.6) is 5.75 Å². The van der Waals surface area contributed by atoms with Crippen molar-refractivity contribution in [3.63, 3.8) is 0 Å². The number of amides is 4. The molecule has 12 nitrogen and oxygen atoms in total. The molecule has 12 heteroatoms. The molecule has 6 N–H and O–H groups in total. The Balaban J connectivity index is 2.85. The van der Waals surface area contributed by atoms with Crippen LogP contribution in [0.25, 0.3) is 0 Å². The summed E-state index contributed by atoms with van der Waals surface area (Å²) in [5, 5.41) is 16.8. The lowest BCUT2D eigenvalue weighted by Gasteiger charge is -2.25. The highest BCUT2D eigenvalue weighted by Gasteiger charge is 2.29. The van der Waals surface area contributed by atoms with Crippen LogP contribution in [0.15, 0.2) is 24.3 Å². The summed E-state index contributed by atoms with van der Waals surface area (Å²) in [5.74, 6) is -2.22. The summed E-state index contributed by atoms with van der Waals surface area (Å²) in [6.07, 6.45) is 0.826. The average molecular weight is 509 g/mol. The first kappa shape index (κ1) is 30.4. The number of carbonyl (C=O) groups excluding carboxylic acids is 5. The molecule has 0 bridgehead atoms. The van der Waals surface area contributed by atoms with E-state index in [0.29, 0.717) is 12.0 Å². The zero-order valence-electron chi connectivity index (χ0n) is 20.9. The van der Waals surface area contributed by atoms with E-state index in [0.717, 1.165) is 0 Å². The summed E-state index contributed by atoms with van der Waals surface area (Å²) in [4.78, 5) is 60.3. The highest BCUT2D eigenvalue weighted by molar-refractivity contribution is 5.91. The Morgan fingerprint density at radius 3 is 2.22 bits per heavy atom. The summed E-state index contributed by atoms with van der Waals surface area (Å²) in [6.45, 7) is 3.51. The number of carbonyl (C=O) groups is 5. The quantitative estimate of drug-likeness (QED) is 0.129. The lowest BCUT2D eigenvalue weighted by Crippen LogP contribution is -2.54. The summed E-state index contributed by atoms with van der Waals surface area (Å²) in [7, 11) is 1.26. The number of rotatable bonds is 15. The summed E-state index contributed by atoms with van der Waals surface area (Å²) >= 11 is 0. The van der Waals surface area contributed by atoms with Crippen LogP contribution in [0.1, 0.15) is 51.5 Å². The molecule has 4 amide bonds. The monoisotopic (exact) mass is 508 g/mol. The molecule has 0 saturated heterocycles. The zero-order valence-corrected chi connectivity index (χ0v) is 20.9. The Hall–Kier alpha value is -3.67. The minimum absolute atomic E-state index is 0.0275. The Kier molecular flexibility index (Phi) is 13.6. The third kappa shape index (κ3) is 11.6. The third-order valence-corrected chi connectivity index (χ3v) is 5.17. The van der Waals surface area contributed by atoms with Crippen LogP contribution in [0.4, 0.5) is 4.79 Å². The molecule has 0 radical (unpaired) electrons. The minimum atomic E-state index is -1.07. The van der Waals surface area contributed by atoms with E-state index in [1.54, 1.807) is 26.0 Å². The van der Waals surface area contributed by atoms with E-state index in [9.17, 15) is 24.0 Å². The molecule has 0 heterocycles. The largest absolute Gasteiger partial charge is 0.469 e. The van der Waals surface area contributed by atoms with Crippen molar-refractivity contribution in [2.75, 3.05) is 13.7 Å². The molecule has 0 unspecified atom stereocenters. The topological polar surface area (TPSA) is 186 Å². The van der Waals surface area contributed by atoms with Gasteiger partial charge in [-0.05, 0) is 42.9 Å². The first-order chi connectivity index (χ1) is 17.1. The van der Waals surface area contributed by atoms with Gasteiger partial charge in [-0.1, -0.05) is 26.0 Å². The van der Waals surface area contributed by atoms with Gasteiger partial charge in [0, 0.05) is 19.4 Å². The van der Waals surface area contributed by atoms with Crippen molar-refractivity contribution in [3.05, 3.63) is 29.8 Å². The molecule has 1 aromatic carbocycles. The van der Waals surface area contributed by atoms with Gasteiger partial charge in [0.05, 0.1) is 13.7 Å². The van der Waals surface area contributed by atoms with Crippen LogP contribution in [0, 0.1) is 5.92 Å². The van der Waals surface area contributed by atoms with Gasteiger partial charge in [-0.2, -0.15) is 0 Å². The number of nitrogens with two attached hydrogens (primary N) is 1. The molecule has 1 rings (SSSR count). The van der Waals surface area contributed by atoms with Gasteiger partial charge in [0.1, 0.15) is 17.8 Å². The van der Waals surface area contributed by atoms with E-state index in [4.69, 9.17) is 15.6 Å². The number of aliphatic hydroxyl groups excluding tert-OH is 1. The SMILES string of the molecule is COC(=O)CCCC(=O)N[C@H](C(=O)N[C@@H](CCCNC(N)=O)C(=O)Oc1ccc(CO)cc1)C(C)C. The van der Waals surface area contributed by atoms with E-state index < -0.39 is 41.9 Å². The lowest BCUT2D eigenvalue weighted by molar-refractivity contribution is -0.140. The van der Waals surface area contributed by atoms with Crippen molar-refractivity contribution in [3.8, 4) is 5.75 Å². The Labute approximate surface area is 210 Å². The Morgan fingerprint density at radius 2 is 1.67 bits per heavy atom. The fourth-order valence-corrected chi connectivity index (χ4v) is 3.15. The van der Waals surface area contributed by atoms with E-state index in [1.165, 1.54) is 19.2 Å². The molecule has 2 atom stereocenters. The third-order valence-electron chi connectivity index (χ3n) is 5.17. The second-order valence-corrected chi connectivity index (χ2v) is 8.44. The van der Waals surface area contributed by atoms with E-state index in [1.807, 2.05) is 0 Å². The van der Waals surface area contributed by atoms with Crippen LogP contribution < -0.4 is 26.4 Å². The molecule has 1 aromatic rings. The number of ether oxygens (including phenoxy) is 2. The van der Waals surface area contributed by atoms with Crippen molar-refractivity contribution in [1.82, 2.24) is 16.0 Å². The van der Waals surface area contributed by atoms with Crippen molar-refractivity contribution < 1.29 is 38.6 Å². The number of esters is 2. The molecular formula is C24H36N4O8. The maximum absolute atomic E-state index is 13.0. The maximum atomic E-state index is 13.0. The predicted octanol–water partition coefficient (Wildman–Crippen LogP) is 0.502. The minimum Gasteiger partial charge on any atom is -0.469 e. The molecular weight excluding hydrogens is 472 g/mol. The van der Waals surface area contributed by atoms with E-state index in [2.05, 4.69) is 20.7 Å². The second kappa shape index (κ2) is 16.1. The van der Waals surface area contributed by atoms with Crippen LogP contribution >= 0.6 is 0 Å². The number of urea groups is 1. The maximum Gasteiger partial charge on any atom is 0.334 e. The number of primary amides is 1. The average Bonchev–Trinajstić information content (AvgIpc) is 2.84. The van der Waals surface area contributed by atoms with E-state index >= 15 is 0 Å². The summed E-state index contributed by atoms with van der Waals surface area (Å²) in [6, 6.07) is 3.51. The van der Waals surface area contributed by atoms with Crippen LogP contribution in [0.3, 0.4) is 0 Å². The first-order valence-corrected chi connectivity index (χ1v) is 11.7. The number of methoxy groups -OCH3 is 1. The van der Waals surface area contributed by atoms with Gasteiger partial charge >= 0.3 is 18.0 Å². The van der Waals surface area contributed by atoms with Gasteiger partial charge in [-0.25, -0.2) is 9.59 Å². The summed E-state index contributed by atoms with van der Waals surface area (Å²) in [5.41, 5.74) is 5.70. The van der Waals surface area contributed by atoms with Crippen LogP contribution in [-0.4, -0.2) is 60.6 Å². The van der Waals surface area contributed by atoms with Crippen LogP contribution in [0.2, 0.25) is 0 Å². The Bertz CT molecular complexity index is 889. The van der Waals surface area contributed by atoms with E-state index in [-0.39, 0.29) is 50.5 Å². The molecule has 0 saturated carbocycles. The van der Waals surface area contributed by atoms with Gasteiger partial charge in [0.15, 0.2) is 0 Å². The number of hydrogen-bond acceptors (Lipinski definition) is 8. The van der Waals surface area contributed by atoms with Crippen molar-refractivity contribution >= 4 is 29.8 Å². The zero-order chi connectivity index (χ0) is 27.1.